The lowest BCUT2D eigenvalue weighted by Gasteiger charge is -2.35. The number of anilines is 1. The first-order chi connectivity index (χ1) is 14.6. The number of carbonyl (C=O) groups excluding carboxylic acids is 1. The lowest BCUT2D eigenvalue weighted by molar-refractivity contribution is -0.134. The fraction of sp³-hybridized carbons (Fsp3) is 0.583. The topological polar surface area (TPSA) is 50.6 Å². The van der Waals surface area contributed by atoms with E-state index in [1.807, 2.05) is 11.1 Å². The molecule has 0 bridgehead atoms. The maximum Gasteiger partial charge on any atom is 0.260 e. The molecule has 3 heterocycles. The van der Waals surface area contributed by atoms with E-state index >= 15 is 0 Å². The summed E-state index contributed by atoms with van der Waals surface area (Å²) in [4.78, 5) is 17.1. The summed E-state index contributed by atoms with van der Waals surface area (Å²) >= 11 is 0. The Kier molecular flexibility index (Phi) is 5.17. The average molecular weight is 409 g/mol. The monoisotopic (exact) mass is 408 g/mol. The van der Waals surface area contributed by atoms with Crippen LogP contribution in [0.4, 0.5) is 5.69 Å². The lowest BCUT2D eigenvalue weighted by Crippen LogP contribution is -2.39. The van der Waals surface area contributed by atoms with Gasteiger partial charge in [0, 0.05) is 54.8 Å². The summed E-state index contributed by atoms with van der Waals surface area (Å²) in [5.41, 5.74) is 4.56. The third kappa shape index (κ3) is 3.68. The molecule has 1 aromatic carbocycles. The van der Waals surface area contributed by atoms with Crippen LogP contribution in [0.2, 0.25) is 0 Å². The van der Waals surface area contributed by atoms with Crippen molar-refractivity contribution < 1.29 is 9.53 Å². The number of benzene rings is 1. The highest BCUT2D eigenvalue weighted by Crippen LogP contribution is 2.43. The van der Waals surface area contributed by atoms with Crippen molar-refractivity contribution in [2.75, 3.05) is 31.6 Å². The first-order valence-corrected chi connectivity index (χ1v) is 11.5. The Morgan fingerprint density at radius 3 is 2.73 bits per heavy atom. The molecule has 6 heteroatoms. The fourth-order valence-corrected chi connectivity index (χ4v) is 4.75. The summed E-state index contributed by atoms with van der Waals surface area (Å²) in [6.07, 6.45) is 12.0. The van der Waals surface area contributed by atoms with Crippen LogP contribution < -0.4 is 9.64 Å². The zero-order chi connectivity index (χ0) is 20.7. The Hall–Kier alpha value is -2.50. The number of piperidine rings is 1. The van der Waals surface area contributed by atoms with E-state index in [1.165, 1.54) is 30.5 Å². The van der Waals surface area contributed by atoms with Crippen molar-refractivity contribution in [2.24, 2.45) is 0 Å². The SMILES string of the molecule is CC1CCc2c(ccc(-c3cnn(C4CC4)c3)c2OCC(=O)N2CCCCC2)N1C. The van der Waals surface area contributed by atoms with Gasteiger partial charge in [-0.2, -0.15) is 5.10 Å². The van der Waals surface area contributed by atoms with Gasteiger partial charge in [0.1, 0.15) is 5.75 Å². The zero-order valence-corrected chi connectivity index (χ0v) is 18.1. The molecule has 6 nitrogen and oxygen atoms in total. The third-order valence-electron chi connectivity index (χ3n) is 6.97. The van der Waals surface area contributed by atoms with Crippen molar-refractivity contribution in [1.82, 2.24) is 14.7 Å². The van der Waals surface area contributed by atoms with Crippen molar-refractivity contribution in [2.45, 2.75) is 64.0 Å². The van der Waals surface area contributed by atoms with E-state index in [1.54, 1.807) is 0 Å². The molecule has 1 aliphatic carbocycles. The number of hydrogen-bond acceptors (Lipinski definition) is 4. The van der Waals surface area contributed by atoms with Gasteiger partial charge in [0.25, 0.3) is 5.91 Å². The van der Waals surface area contributed by atoms with E-state index in [9.17, 15) is 4.79 Å². The smallest absolute Gasteiger partial charge is 0.260 e. The van der Waals surface area contributed by atoms with Gasteiger partial charge < -0.3 is 14.5 Å². The minimum Gasteiger partial charge on any atom is -0.483 e. The standard InChI is InChI=1S/C24H32N4O2/c1-17-6-9-21-22(26(17)2)11-10-20(18-14-25-28(15-18)19-7-8-19)24(21)30-16-23(29)27-12-4-3-5-13-27/h10-11,14-15,17,19H,3-9,12-13,16H2,1-2H3. The Labute approximate surface area is 178 Å². The highest BCUT2D eigenvalue weighted by molar-refractivity contribution is 5.80. The number of carbonyl (C=O) groups is 1. The summed E-state index contributed by atoms with van der Waals surface area (Å²) in [5.74, 6) is 0.969. The minimum atomic E-state index is 0.101. The molecule has 30 heavy (non-hydrogen) atoms. The molecule has 3 aliphatic rings. The van der Waals surface area contributed by atoms with Crippen LogP contribution in [0.5, 0.6) is 5.75 Å². The average Bonchev–Trinajstić information content (AvgIpc) is 3.51. The van der Waals surface area contributed by atoms with Crippen LogP contribution in [0.1, 0.15) is 57.1 Å². The van der Waals surface area contributed by atoms with Crippen molar-refractivity contribution in [1.29, 1.82) is 0 Å². The van der Waals surface area contributed by atoms with E-state index in [-0.39, 0.29) is 12.5 Å². The molecule has 0 radical (unpaired) electrons. The molecule has 5 rings (SSSR count). The Morgan fingerprint density at radius 2 is 1.97 bits per heavy atom. The number of aromatic nitrogens is 2. The van der Waals surface area contributed by atoms with Gasteiger partial charge in [0.05, 0.1) is 12.2 Å². The van der Waals surface area contributed by atoms with Crippen LogP contribution in [0.15, 0.2) is 24.5 Å². The second kappa shape index (κ2) is 7.97. The molecule has 2 fully saturated rings. The van der Waals surface area contributed by atoms with E-state index in [0.29, 0.717) is 12.1 Å². The molecule has 0 spiro atoms. The van der Waals surface area contributed by atoms with E-state index in [0.717, 1.165) is 55.6 Å². The molecule has 1 saturated carbocycles. The van der Waals surface area contributed by atoms with Crippen molar-refractivity contribution in [3.05, 3.63) is 30.1 Å². The molecule has 160 valence electrons. The van der Waals surface area contributed by atoms with Crippen LogP contribution in [0.25, 0.3) is 11.1 Å². The largest absolute Gasteiger partial charge is 0.483 e. The van der Waals surface area contributed by atoms with Crippen molar-refractivity contribution >= 4 is 11.6 Å². The molecule has 1 saturated heterocycles. The molecule has 1 amide bonds. The summed E-state index contributed by atoms with van der Waals surface area (Å²) in [6.45, 7) is 4.09. The van der Waals surface area contributed by atoms with Crippen LogP contribution in [0, 0.1) is 0 Å². The molecule has 1 unspecified atom stereocenters. The number of hydrogen-bond donors (Lipinski definition) is 0. The Balaban J connectivity index is 1.46. The second-order valence-electron chi connectivity index (χ2n) is 9.11. The zero-order valence-electron chi connectivity index (χ0n) is 18.1. The summed E-state index contributed by atoms with van der Waals surface area (Å²) < 4.78 is 8.39. The van der Waals surface area contributed by atoms with Crippen LogP contribution in [0.3, 0.4) is 0 Å². The highest BCUT2D eigenvalue weighted by Gasteiger charge is 2.28. The number of nitrogens with zero attached hydrogens (tertiary/aromatic N) is 4. The predicted octanol–water partition coefficient (Wildman–Crippen LogP) is 4.05. The van der Waals surface area contributed by atoms with Crippen LogP contribution >= 0.6 is 0 Å². The highest BCUT2D eigenvalue weighted by atomic mass is 16.5. The summed E-state index contributed by atoms with van der Waals surface area (Å²) in [6, 6.07) is 5.40. The summed E-state index contributed by atoms with van der Waals surface area (Å²) in [7, 11) is 2.15. The van der Waals surface area contributed by atoms with E-state index < -0.39 is 0 Å². The maximum atomic E-state index is 12.8. The summed E-state index contributed by atoms with van der Waals surface area (Å²) in [5, 5.41) is 4.58. The molecule has 1 atom stereocenters. The van der Waals surface area contributed by atoms with Gasteiger partial charge >= 0.3 is 0 Å². The number of fused-ring (bicyclic) bond motifs is 1. The van der Waals surface area contributed by atoms with E-state index in [4.69, 9.17) is 4.74 Å². The quantitative estimate of drug-likeness (QED) is 0.749. The van der Waals surface area contributed by atoms with E-state index in [2.05, 4.69) is 47.0 Å². The lowest BCUT2D eigenvalue weighted by atomic mass is 9.93. The number of rotatable bonds is 5. The first kappa shape index (κ1) is 19.5. The van der Waals surface area contributed by atoms with Crippen LogP contribution in [-0.2, 0) is 11.2 Å². The molecular formula is C24H32N4O2. The fourth-order valence-electron chi connectivity index (χ4n) is 4.75. The molecule has 2 aromatic rings. The van der Waals surface area contributed by atoms with Crippen molar-refractivity contribution in [3.8, 4) is 16.9 Å². The number of ether oxygens (including phenoxy) is 1. The number of likely N-dealkylation sites (tertiary alicyclic amines) is 1. The second-order valence-corrected chi connectivity index (χ2v) is 9.11. The number of amides is 1. The van der Waals surface area contributed by atoms with Crippen molar-refractivity contribution in [3.63, 3.8) is 0 Å². The maximum absolute atomic E-state index is 12.8. The predicted molar refractivity (Wildman–Crippen MR) is 118 cm³/mol. The van der Waals surface area contributed by atoms with Gasteiger partial charge in [0.15, 0.2) is 6.61 Å². The van der Waals surface area contributed by atoms with Gasteiger partial charge in [-0.15, -0.1) is 0 Å². The molecule has 1 aromatic heterocycles. The van der Waals surface area contributed by atoms with Gasteiger partial charge in [-0.25, -0.2) is 0 Å². The van der Waals surface area contributed by atoms with Gasteiger partial charge in [-0.05, 0) is 64.0 Å². The van der Waals surface area contributed by atoms with Gasteiger partial charge in [-0.3, -0.25) is 9.48 Å². The van der Waals surface area contributed by atoms with Gasteiger partial charge in [0.2, 0.25) is 0 Å². The third-order valence-corrected chi connectivity index (χ3v) is 6.97. The minimum absolute atomic E-state index is 0.101. The first-order valence-electron chi connectivity index (χ1n) is 11.5. The Bertz CT molecular complexity index is 927. The molecular weight excluding hydrogens is 376 g/mol. The molecule has 0 N–H and O–H groups in total. The van der Waals surface area contributed by atoms with Crippen LogP contribution in [-0.4, -0.2) is 53.4 Å². The Morgan fingerprint density at radius 1 is 1.17 bits per heavy atom. The normalized spacial score (nSPS) is 21.5. The van der Waals surface area contributed by atoms with Gasteiger partial charge in [-0.1, -0.05) is 0 Å². The molecule has 2 aliphatic heterocycles.